The summed E-state index contributed by atoms with van der Waals surface area (Å²) in [5.74, 6) is 1.89. The second kappa shape index (κ2) is 11.0. The van der Waals surface area contributed by atoms with Crippen molar-refractivity contribution in [1.82, 2.24) is 15.0 Å². The highest BCUT2D eigenvalue weighted by Gasteiger charge is 2.24. The second-order valence-corrected chi connectivity index (χ2v) is 8.64. The number of benzene rings is 2. The van der Waals surface area contributed by atoms with E-state index in [0.717, 1.165) is 28.6 Å². The lowest BCUT2D eigenvalue weighted by molar-refractivity contribution is 0.146. The molecule has 0 aliphatic heterocycles. The number of amides is 1. The van der Waals surface area contributed by atoms with E-state index in [0.29, 0.717) is 41.9 Å². The highest BCUT2D eigenvalue weighted by atomic mass is 16.6. The van der Waals surface area contributed by atoms with Gasteiger partial charge < -0.3 is 13.9 Å². The topological polar surface area (TPSA) is 90.6 Å². The molecule has 0 radical (unpaired) electrons. The molecule has 0 saturated carbocycles. The molecule has 0 fully saturated rings. The summed E-state index contributed by atoms with van der Waals surface area (Å²) in [5.41, 5.74) is 3.16. The van der Waals surface area contributed by atoms with Gasteiger partial charge in [-0.2, -0.15) is 0 Å². The van der Waals surface area contributed by atoms with Gasteiger partial charge in [-0.1, -0.05) is 51.1 Å². The maximum atomic E-state index is 13.2. The zero-order valence-electron chi connectivity index (χ0n) is 20.5. The summed E-state index contributed by atoms with van der Waals surface area (Å²) in [6.45, 7) is 6.86. The summed E-state index contributed by atoms with van der Waals surface area (Å²) in [4.78, 5) is 28.3. The summed E-state index contributed by atoms with van der Waals surface area (Å²) in [6, 6.07) is 13.4. The Labute approximate surface area is 204 Å². The van der Waals surface area contributed by atoms with Gasteiger partial charge in [0, 0.05) is 17.5 Å². The van der Waals surface area contributed by atoms with Crippen LogP contribution in [0.3, 0.4) is 0 Å². The van der Waals surface area contributed by atoms with Crippen LogP contribution in [0.4, 0.5) is 10.7 Å². The lowest BCUT2D eigenvalue weighted by atomic mass is 10.1. The minimum absolute atomic E-state index is 0.177. The molecule has 0 N–H and O–H groups in total. The van der Waals surface area contributed by atoms with Gasteiger partial charge in [0.2, 0.25) is 5.95 Å². The van der Waals surface area contributed by atoms with E-state index in [1.54, 1.807) is 13.3 Å². The summed E-state index contributed by atoms with van der Waals surface area (Å²) in [5, 5.41) is 0.837. The molecule has 1 amide bonds. The van der Waals surface area contributed by atoms with E-state index in [1.165, 1.54) is 11.3 Å². The Balaban J connectivity index is 1.74. The molecule has 2 aromatic heterocycles. The standard InChI is InChI=1S/C27H30N4O4/c1-5-22-21-13-20(24-15-28-17-35-24)14-23(33-4)25(21)30-26(29-22)31(12-11-18(2)3)27(32)34-16-19-9-7-6-8-10-19/h6-10,13-15,17-18H,5,11-12,16H2,1-4H3. The summed E-state index contributed by atoms with van der Waals surface area (Å²) < 4.78 is 16.8. The van der Waals surface area contributed by atoms with Crippen LogP contribution in [0.2, 0.25) is 0 Å². The lowest BCUT2D eigenvalue weighted by Crippen LogP contribution is -2.34. The number of hydrogen-bond acceptors (Lipinski definition) is 7. The van der Waals surface area contributed by atoms with Crippen molar-refractivity contribution in [2.24, 2.45) is 5.92 Å². The Morgan fingerprint density at radius 2 is 1.94 bits per heavy atom. The molecule has 4 rings (SSSR count). The van der Waals surface area contributed by atoms with Crippen molar-refractivity contribution in [3.63, 3.8) is 0 Å². The maximum Gasteiger partial charge on any atom is 0.417 e. The Morgan fingerprint density at radius 1 is 1.14 bits per heavy atom. The van der Waals surface area contributed by atoms with E-state index in [2.05, 4.69) is 18.8 Å². The second-order valence-electron chi connectivity index (χ2n) is 8.64. The van der Waals surface area contributed by atoms with E-state index in [9.17, 15) is 4.79 Å². The van der Waals surface area contributed by atoms with Crippen molar-refractivity contribution < 1.29 is 18.7 Å². The first-order valence-electron chi connectivity index (χ1n) is 11.8. The molecule has 0 unspecified atom stereocenters. The van der Waals surface area contributed by atoms with E-state index in [1.807, 2.05) is 49.4 Å². The smallest absolute Gasteiger partial charge is 0.417 e. The van der Waals surface area contributed by atoms with Crippen LogP contribution in [0, 0.1) is 5.92 Å². The average molecular weight is 475 g/mol. The molecular formula is C27H30N4O4. The molecule has 0 bridgehead atoms. The number of aryl methyl sites for hydroxylation is 1. The van der Waals surface area contributed by atoms with Crippen molar-refractivity contribution in [2.75, 3.05) is 18.6 Å². The monoisotopic (exact) mass is 474 g/mol. The number of anilines is 1. The predicted octanol–water partition coefficient (Wildman–Crippen LogP) is 6.05. The highest BCUT2D eigenvalue weighted by Crippen LogP contribution is 2.34. The molecular weight excluding hydrogens is 444 g/mol. The predicted molar refractivity (Wildman–Crippen MR) is 134 cm³/mol. The number of fused-ring (bicyclic) bond motifs is 1. The van der Waals surface area contributed by atoms with Crippen molar-refractivity contribution in [1.29, 1.82) is 0 Å². The third kappa shape index (κ3) is 5.59. The molecule has 8 heteroatoms. The zero-order chi connectivity index (χ0) is 24.8. The Morgan fingerprint density at radius 3 is 2.60 bits per heavy atom. The van der Waals surface area contributed by atoms with E-state index < -0.39 is 6.09 Å². The van der Waals surface area contributed by atoms with Gasteiger partial charge in [0.1, 0.15) is 17.9 Å². The number of aromatic nitrogens is 3. The van der Waals surface area contributed by atoms with Crippen LogP contribution >= 0.6 is 0 Å². The molecule has 8 nitrogen and oxygen atoms in total. The molecule has 2 heterocycles. The Hall–Kier alpha value is -3.94. The van der Waals surface area contributed by atoms with Gasteiger partial charge in [-0.3, -0.25) is 0 Å². The van der Waals surface area contributed by atoms with Gasteiger partial charge in [0.25, 0.3) is 0 Å². The largest absolute Gasteiger partial charge is 0.494 e. The van der Waals surface area contributed by atoms with Gasteiger partial charge in [-0.25, -0.2) is 24.6 Å². The van der Waals surface area contributed by atoms with E-state index in [-0.39, 0.29) is 6.61 Å². The molecule has 4 aromatic rings. The summed E-state index contributed by atoms with van der Waals surface area (Å²) in [6.07, 6.45) is 3.99. The van der Waals surface area contributed by atoms with Crippen molar-refractivity contribution >= 4 is 22.9 Å². The van der Waals surface area contributed by atoms with Crippen LogP contribution in [0.1, 0.15) is 38.4 Å². The fourth-order valence-corrected chi connectivity index (χ4v) is 3.75. The Bertz CT molecular complexity index is 1270. The van der Waals surface area contributed by atoms with Gasteiger partial charge in [-0.15, -0.1) is 0 Å². The third-order valence-electron chi connectivity index (χ3n) is 5.70. The number of carbonyl (C=O) groups excluding carboxylic acids is 1. The highest BCUT2D eigenvalue weighted by molar-refractivity contribution is 5.93. The van der Waals surface area contributed by atoms with Crippen LogP contribution < -0.4 is 9.64 Å². The quantitative estimate of drug-likeness (QED) is 0.292. The van der Waals surface area contributed by atoms with E-state index in [4.69, 9.17) is 23.9 Å². The fourth-order valence-electron chi connectivity index (χ4n) is 3.75. The van der Waals surface area contributed by atoms with Crippen molar-refractivity contribution in [2.45, 2.75) is 40.2 Å². The first-order chi connectivity index (χ1) is 17.0. The molecule has 0 saturated heterocycles. The normalized spacial score (nSPS) is 11.1. The van der Waals surface area contributed by atoms with Crippen LogP contribution in [-0.2, 0) is 17.8 Å². The maximum absolute atomic E-state index is 13.2. The molecule has 0 atom stereocenters. The molecule has 0 aliphatic rings. The first kappa shape index (κ1) is 24.2. The number of hydrogen-bond donors (Lipinski definition) is 0. The fraction of sp³-hybridized carbons (Fsp3) is 0.333. The lowest BCUT2D eigenvalue weighted by Gasteiger charge is -2.22. The molecule has 0 spiro atoms. The number of rotatable bonds is 9. The van der Waals surface area contributed by atoms with Crippen LogP contribution in [0.5, 0.6) is 5.75 Å². The minimum atomic E-state index is -0.479. The SMILES string of the molecule is CCc1nc(N(CCC(C)C)C(=O)OCc2ccccc2)nc2c(OC)cc(-c3cnco3)cc12. The van der Waals surface area contributed by atoms with Gasteiger partial charge in [0.05, 0.1) is 19.0 Å². The number of ether oxygens (including phenoxy) is 2. The number of carbonyl (C=O) groups is 1. The number of nitrogens with zero attached hydrogens (tertiary/aromatic N) is 4. The van der Waals surface area contributed by atoms with Gasteiger partial charge in [0.15, 0.2) is 12.2 Å². The number of oxazole rings is 1. The molecule has 0 aliphatic carbocycles. The van der Waals surface area contributed by atoms with Crippen LogP contribution in [0.25, 0.3) is 22.2 Å². The number of methoxy groups -OCH3 is 1. The van der Waals surface area contributed by atoms with E-state index >= 15 is 0 Å². The molecule has 182 valence electrons. The summed E-state index contributed by atoms with van der Waals surface area (Å²) >= 11 is 0. The van der Waals surface area contributed by atoms with Crippen molar-refractivity contribution in [3.05, 3.63) is 66.3 Å². The Kier molecular flexibility index (Phi) is 7.60. The van der Waals surface area contributed by atoms with Crippen LogP contribution in [0.15, 0.2) is 59.5 Å². The first-order valence-corrected chi connectivity index (χ1v) is 11.8. The third-order valence-corrected chi connectivity index (χ3v) is 5.70. The molecule has 2 aromatic carbocycles. The van der Waals surface area contributed by atoms with Crippen LogP contribution in [-0.4, -0.2) is 34.7 Å². The summed E-state index contributed by atoms with van der Waals surface area (Å²) in [7, 11) is 1.59. The van der Waals surface area contributed by atoms with Gasteiger partial charge in [-0.05, 0) is 36.5 Å². The zero-order valence-corrected chi connectivity index (χ0v) is 20.5. The average Bonchev–Trinajstić information content (AvgIpc) is 3.42. The van der Waals surface area contributed by atoms with Crippen molar-refractivity contribution in [3.8, 4) is 17.1 Å². The minimum Gasteiger partial charge on any atom is -0.494 e. The van der Waals surface area contributed by atoms with Gasteiger partial charge >= 0.3 is 6.09 Å². The molecule has 35 heavy (non-hydrogen) atoms.